The Morgan fingerprint density at radius 1 is 1.35 bits per heavy atom. The van der Waals surface area contributed by atoms with E-state index in [0.717, 1.165) is 37.3 Å². The number of rotatable bonds is 3. The van der Waals surface area contributed by atoms with Gasteiger partial charge in [0.25, 0.3) is 5.91 Å². The normalized spacial score (nSPS) is 18.0. The van der Waals surface area contributed by atoms with Crippen molar-refractivity contribution in [1.29, 1.82) is 0 Å². The second kappa shape index (κ2) is 6.50. The van der Waals surface area contributed by atoms with Crippen LogP contribution in [0.2, 0.25) is 0 Å². The Morgan fingerprint density at radius 3 is 2.74 bits per heavy atom. The van der Waals surface area contributed by atoms with Crippen LogP contribution in [0, 0.1) is 19.7 Å². The van der Waals surface area contributed by atoms with Crippen LogP contribution in [0.5, 0.6) is 0 Å². The van der Waals surface area contributed by atoms with Crippen molar-refractivity contribution in [2.75, 3.05) is 13.1 Å². The number of amides is 1. The maximum absolute atomic E-state index is 13.1. The molecule has 0 spiro atoms. The highest BCUT2D eigenvalue weighted by Gasteiger charge is 2.22. The molecule has 1 aromatic heterocycles. The third kappa shape index (κ3) is 3.27. The molecule has 1 amide bonds. The number of halogens is 1. The minimum absolute atomic E-state index is 0.0953. The number of nitrogens with zero attached hydrogens (tertiary/aromatic N) is 2. The number of hydrogen-bond acceptors (Lipinski definition) is 3. The highest BCUT2D eigenvalue weighted by Crippen LogP contribution is 2.18. The van der Waals surface area contributed by atoms with Gasteiger partial charge in [0, 0.05) is 12.6 Å². The lowest BCUT2D eigenvalue weighted by molar-refractivity contribution is 0.0929. The van der Waals surface area contributed by atoms with Gasteiger partial charge in [-0.05, 0) is 57.5 Å². The molecule has 23 heavy (non-hydrogen) atoms. The first-order valence-corrected chi connectivity index (χ1v) is 7.90. The van der Waals surface area contributed by atoms with Crippen molar-refractivity contribution in [1.82, 2.24) is 20.4 Å². The topological polar surface area (TPSA) is 59.0 Å². The average Bonchev–Trinajstić information content (AvgIpc) is 2.84. The van der Waals surface area contributed by atoms with E-state index in [0.29, 0.717) is 11.3 Å². The Morgan fingerprint density at radius 2 is 2.09 bits per heavy atom. The quantitative estimate of drug-likeness (QED) is 0.912. The minimum Gasteiger partial charge on any atom is -0.348 e. The van der Waals surface area contributed by atoms with Crippen molar-refractivity contribution in [3.63, 3.8) is 0 Å². The van der Waals surface area contributed by atoms with Crippen LogP contribution < -0.4 is 10.6 Å². The molecule has 2 aromatic rings. The van der Waals surface area contributed by atoms with E-state index in [1.807, 2.05) is 13.8 Å². The lowest BCUT2D eigenvalue weighted by Crippen LogP contribution is -2.45. The van der Waals surface area contributed by atoms with Gasteiger partial charge in [0.15, 0.2) is 0 Å². The van der Waals surface area contributed by atoms with E-state index >= 15 is 0 Å². The van der Waals surface area contributed by atoms with Gasteiger partial charge in [0.2, 0.25) is 0 Å². The van der Waals surface area contributed by atoms with Crippen molar-refractivity contribution in [3.8, 4) is 5.69 Å². The molecule has 0 bridgehead atoms. The first kappa shape index (κ1) is 15.7. The summed E-state index contributed by atoms with van der Waals surface area (Å²) >= 11 is 0. The zero-order chi connectivity index (χ0) is 16.4. The van der Waals surface area contributed by atoms with Crippen LogP contribution in [0.1, 0.15) is 34.6 Å². The monoisotopic (exact) mass is 316 g/mol. The van der Waals surface area contributed by atoms with E-state index in [2.05, 4.69) is 15.7 Å². The summed E-state index contributed by atoms with van der Waals surface area (Å²) in [6.45, 7) is 5.49. The second-order valence-corrected chi connectivity index (χ2v) is 5.95. The van der Waals surface area contributed by atoms with Crippen molar-refractivity contribution < 1.29 is 9.18 Å². The molecule has 2 heterocycles. The number of carbonyl (C=O) groups is 1. The maximum atomic E-state index is 13.1. The molecular formula is C17H21FN4O. The van der Waals surface area contributed by atoms with Gasteiger partial charge in [-0.2, -0.15) is 5.10 Å². The number of nitrogens with one attached hydrogen (secondary N) is 2. The number of aromatic nitrogens is 2. The Labute approximate surface area is 134 Å². The average molecular weight is 316 g/mol. The molecule has 2 N–H and O–H groups in total. The largest absolute Gasteiger partial charge is 0.348 e. The summed E-state index contributed by atoms with van der Waals surface area (Å²) < 4.78 is 14.8. The molecule has 1 aromatic carbocycles. The third-order valence-corrected chi connectivity index (χ3v) is 4.22. The summed E-state index contributed by atoms with van der Waals surface area (Å²) in [5.41, 5.74) is 2.77. The van der Waals surface area contributed by atoms with Crippen LogP contribution in [-0.2, 0) is 0 Å². The molecule has 1 fully saturated rings. The summed E-state index contributed by atoms with van der Waals surface area (Å²) in [4.78, 5) is 12.6. The highest BCUT2D eigenvalue weighted by molar-refractivity contribution is 5.96. The van der Waals surface area contributed by atoms with E-state index in [9.17, 15) is 9.18 Å². The van der Waals surface area contributed by atoms with Gasteiger partial charge in [-0.1, -0.05) is 0 Å². The van der Waals surface area contributed by atoms with Crippen LogP contribution in [-0.4, -0.2) is 34.8 Å². The molecule has 1 atom stereocenters. The standard InChI is InChI=1S/C17H21FN4O/c1-11-16(17(23)20-14-4-3-9-19-10-14)12(2)22(21-11)15-7-5-13(18)6-8-15/h5-8,14,19H,3-4,9-10H2,1-2H3,(H,20,23). The van der Waals surface area contributed by atoms with Gasteiger partial charge in [-0.3, -0.25) is 4.79 Å². The van der Waals surface area contributed by atoms with E-state index in [1.165, 1.54) is 12.1 Å². The molecule has 3 rings (SSSR count). The van der Waals surface area contributed by atoms with Crippen molar-refractivity contribution in [3.05, 3.63) is 47.0 Å². The molecule has 0 saturated carbocycles. The van der Waals surface area contributed by atoms with Crippen LogP contribution in [0.25, 0.3) is 5.69 Å². The van der Waals surface area contributed by atoms with Gasteiger partial charge in [-0.15, -0.1) is 0 Å². The van der Waals surface area contributed by atoms with E-state index < -0.39 is 0 Å². The number of piperidine rings is 1. The number of benzene rings is 1. The molecular weight excluding hydrogens is 295 g/mol. The Bertz CT molecular complexity index is 702. The molecule has 1 unspecified atom stereocenters. The minimum atomic E-state index is -0.293. The third-order valence-electron chi connectivity index (χ3n) is 4.22. The fourth-order valence-electron chi connectivity index (χ4n) is 3.04. The predicted octanol–water partition coefficient (Wildman–Crippen LogP) is 2.11. The number of aryl methyl sites for hydroxylation is 1. The zero-order valence-electron chi connectivity index (χ0n) is 13.4. The fraction of sp³-hybridized carbons (Fsp3) is 0.412. The van der Waals surface area contributed by atoms with Crippen LogP contribution in [0.15, 0.2) is 24.3 Å². The molecule has 1 aliphatic heterocycles. The molecule has 1 aliphatic rings. The van der Waals surface area contributed by atoms with Gasteiger partial charge < -0.3 is 10.6 Å². The SMILES string of the molecule is Cc1nn(-c2ccc(F)cc2)c(C)c1C(=O)NC1CCCNC1. The summed E-state index contributed by atoms with van der Waals surface area (Å²) in [6, 6.07) is 6.24. The van der Waals surface area contributed by atoms with Gasteiger partial charge in [-0.25, -0.2) is 9.07 Å². The summed E-state index contributed by atoms with van der Waals surface area (Å²) in [6.07, 6.45) is 2.06. The van der Waals surface area contributed by atoms with Crippen LogP contribution in [0.3, 0.4) is 0 Å². The fourth-order valence-corrected chi connectivity index (χ4v) is 3.04. The van der Waals surface area contributed by atoms with Crippen molar-refractivity contribution >= 4 is 5.91 Å². The maximum Gasteiger partial charge on any atom is 0.255 e. The Balaban J connectivity index is 1.85. The van der Waals surface area contributed by atoms with Crippen LogP contribution in [0.4, 0.5) is 4.39 Å². The van der Waals surface area contributed by atoms with Crippen LogP contribution >= 0.6 is 0 Å². The van der Waals surface area contributed by atoms with E-state index in [1.54, 1.807) is 16.8 Å². The number of hydrogen-bond donors (Lipinski definition) is 2. The van der Waals surface area contributed by atoms with Crippen molar-refractivity contribution in [2.24, 2.45) is 0 Å². The Kier molecular flexibility index (Phi) is 4.43. The highest BCUT2D eigenvalue weighted by atomic mass is 19.1. The molecule has 6 heteroatoms. The van der Waals surface area contributed by atoms with E-state index in [-0.39, 0.29) is 17.8 Å². The lowest BCUT2D eigenvalue weighted by Gasteiger charge is -2.23. The lowest BCUT2D eigenvalue weighted by atomic mass is 10.1. The predicted molar refractivity (Wildman–Crippen MR) is 86.4 cm³/mol. The van der Waals surface area contributed by atoms with Gasteiger partial charge >= 0.3 is 0 Å². The molecule has 5 nitrogen and oxygen atoms in total. The zero-order valence-corrected chi connectivity index (χ0v) is 13.4. The summed E-state index contributed by atoms with van der Waals surface area (Å²) in [5.74, 6) is -0.389. The van der Waals surface area contributed by atoms with E-state index in [4.69, 9.17) is 0 Å². The smallest absolute Gasteiger partial charge is 0.255 e. The molecule has 0 radical (unpaired) electrons. The molecule has 0 aliphatic carbocycles. The second-order valence-electron chi connectivity index (χ2n) is 5.95. The molecule has 1 saturated heterocycles. The number of carbonyl (C=O) groups excluding carboxylic acids is 1. The van der Waals surface area contributed by atoms with Gasteiger partial charge in [0.05, 0.1) is 22.6 Å². The first-order chi connectivity index (χ1) is 11.1. The Hall–Kier alpha value is -2.21. The summed E-state index contributed by atoms with van der Waals surface area (Å²) in [7, 11) is 0. The molecule has 122 valence electrons. The van der Waals surface area contributed by atoms with Crippen molar-refractivity contribution in [2.45, 2.75) is 32.7 Å². The summed E-state index contributed by atoms with van der Waals surface area (Å²) in [5, 5.41) is 10.8. The first-order valence-electron chi connectivity index (χ1n) is 7.90. The van der Waals surface area contributed by atoms with Gasteiger partial charge in [0.1, 0.15) is 5.82 Å².